The van der Waals surface area contributed by atoms with Gasteiger partial charge in [-0.1, -0.05) is 166 Å². The molecule has 4 nitrogen and oxygen atoms in total. The molecule has 0 aromatic heterocycles. The maximum absolute atomic E-state index is 5.97. The minimum atomic E-state index is -0.250. The quantitative estimate of drug-likeness (QED) is 0.0547. The summed E-state index contributed by atoms with van der Waals surface area (Å²) in [4.78, 5) is 0. The van der Waals surface area contributed by atoms with Crippen LogP contribution in [0.3, 0.4) is 0 Å². The third kappa shape index (κ3) is 11.1. The molecule has 2 fully saturated rings. The molecule has 0 saturated carbocycles. The summed E-state index contributed by atoms with van der Waals surface area (Å²) < 4.78 is 23.9. The van der Waals surface area contributed by atoms with Gasteiger partial charge in [0.25, 0.3) is 0 Å². The van der Waals surface area contributed by atoms with E-state index in [0.29, 0.717) is 26.4 Å². The molecule has 0 spiro atoms. The Morgan fingerprint density at radius 2 is 0.708 bits per heavy atom. The Bertz CT molecular complexity index is 1250. The second-order valence-electron chi connectivity index (χ2n) is 14.6. The van der Waals surface area contributed by atoms with Gasteiger partial charge >= 0.3 is 14.2 Å². The van der Waals surface area contributed by atoms with Crippen molar-refractivity contribution in [1.29, 1.82) is 0 Å². The first-order valence-corrected chi connectivity index (χ1v) is 20.3. The highest BCUT2D eigenvalue weighted by molar-refractivity contribution is 6.62. The fourth-order valence-electron chi connectivity index (χ4n) is 7.96. The summed E-state index contributed by atoms with van der Waals surface area (Å²) in [6.07, 6.45) is 29.5. The molecule has 2 saturated heterocycles. The van der Waals surface area contributed by atoms with Crippen LogP contribution in [0, 0.1) is 0 Å². The van der Waals surface area contributed by atoms with Crippen molar-refractivity contribution in [2.45, 2.75) is 155 Å². The lowest BCUT2D eigenvalue weighted by Crippen LogP contribution is -2.32. The highest BCUT2D eigenvalue weighted by Gasteiger charge is 2.29. The summed E-state index contributed by atoms with van der Waals surface area (Å²) in [6, 6.07) is 13.9. The van der Waals surface area contributed by atoms with Crippen LogP contribution in [-0.4, -0.2) is 40.7 Å². The number of unbranched alkanes of at least 4 members (excludes halogenated alkanes) is 18. The second kappa shape index (κ2) is 21.4. The van der Waals surface area contributed by atoms with E-state index in [-0.39, 0.29) is 14.2 Å². The highest BCUT2D eigenvalue weighted by atomic mass is 16.6. The molecule has 0 unspecified atom stereocenters. The van der Waals surface area contributed by atoms with Crippen LogP contribution in [0.15, 0.2) is 36.4 Å². The molecule has 0 atom stereocenters. The molecule has 0 aliphatic carbocycles. The monoisotopic (exact) mass is 654 g/mol. The fraction of sp³-hybridized carbons (Fsp3) is 0.667. The van der Waals surface area contributed by atoms with Crippen LogP contribution in [0.5, 0.6) is 0 Å². The fourth-order valence-corrected chi connectivity index (χ4v) is 7.96. The van der Waals surface area contributed by atoms with Gasteiger partial charge in [-0.25, -0.2) is 0 Å². The Morgan fingerprint density at radius 1 is 0.396 bits per heavy atom. The summed E-state index contributed by atoms with van der Waals surface area (Å²) in [5, 5.41) is 5.50. The molecule has 0 bridgehead atoms. The topological polar surface area (TPSA) is 36.9 Å². The predicted molar refractivity (Wildman–Crippen MR) is 207 cm³/mol. The maximum atomic E-state index is 5.97. The summed E-state index contributed by atoms with van der Waals surface area (Å²) >= 11 is 0. The van der Waals surface area contributed by atoms with Crippen LogP contribution >= 0.6 is 0 Å². The van der Waals surface area contributed by atoms with Crippen LogP contribution in [-0.2, 0) is 31.5 Å². The number of rotatable bonds is 24. The number of hydrogen-bond acceptors (Lipinski definition) is 4. The van der Waals surface area contributed by atoms with E-state index >= 15 is 0 Å². The van der Waals surface area contributed by atoms with Gasteiger partial charge in [0.15, 0.2) is 0 Å². The van der Waals surface area contributed by atoms with Gasteiger partial charge < -0.3 is 18.6 Å². The molecule has 48 heavy (non-hydrogen) atoms. The van der Waals surface area contributed by atoms with Gasteiger partial charge in [-0.15, -0.1) is 0 Å². The molecule has 2 heterocycles. The van der Waals surface area contributed by atoms with Crippen molar-refractivity contribution in [1.82, 2.24) is 0 Å². The summed E-state index contributed by atoms with van der Waals surface area (Å²) in [5.41, 5.74) is 5.41. The van der Waals surface area contributed by atoms with E-state index in [1.165, 1.54) is 150 Å². The van der Waals surface area contributed by atoms with Crippen molar-refractivity contribution in [3.05, 3.63) is 47.5 Å². The molecule has 0 radical (unpaired) electrons. The van der Waals surface area contributed by atoms with Gasteiger partial charge in [-0.05, 0) is 69.3 Å². The van der Waals surface area contributed by atoms with E-state index in [1.807, 2.05) is 0 Å². The molecule has 6 heteroatoms. The van der Waals surface area contributed by atoms with E-state index in [9.17, 15) is 0 Å². The number of benzene rings is 3. The van der Waals surface area contributed by atoms with Crippen LogP contribution in [0.2, 0.25) is 0 Å². The maximum Gasteiger partial charge on any atom is 0.494 e. The minimum Gasteiger partial charge on any atom is -0.405 e. The zero-order chi connectivity index (χ0) is 33.2. The van der Waals surface area contributed by atoms with E-state index in [4.69, 9.17) is 18.6 Å². The van der Waals surface area contributed by atoms with Crippen LogP contribution in [0.25, 0.3) is 21.5 Å². The molecular weight excluding hydrogens is 590 g/mol. The Labute approximate surface area is 293 Å². The largest absolute Gasteiger partial charge is 0.494 e. The Balaban J connectivity index is 1.35. The molecule has 3 aromatic rings. The smallest absolute Gasteiger partial charge is 0.405 e. The summed E-state index contributed by atoms with van der Waals surface area (Å²) in [6.45, 7) is 7.29. The van der Waals surface area contributed by atoms with Crippen molar-refractivity contribution in [3.8, 4) is 0 Å². The average molecular weight is 655 g/mol. The lowest BCUT2D eigenvalue weighted by atomic mass is 9.75. The SMILES string of the molecule is CCCCCCCCCCCCc1c(CCCCCCCCCCCC)c2cc(B3OCCO3)ccc2c2ccc(B3OCCO3)cc12. The summed E-state index contributed by atoms with van der Waals surface area (Å²) in [5.74, 6) is 0. The molecule has 3 aromatic carbocycles. The van der Waals surface area contributed by atoms with Crippen LogP contribution < -0.4 is 10.9 Å². The van der Waals surface area contributed by atoms with Crippen molar-refractivity contribution in [3.63, 3.8) is 0 Å². The molecular formula is C42H64B2O4. The van der Waals surface area contributed by atoms with Gasteiger partial charge in [-0.2, -0.15) is 0 Å². The van der Waals surface area contributed by atoms with E-state index in [0.717, 1.165) is 23.8 Å². The van der Waals surface area contributed by atoms with Gasteiger partial charge in [0.05, 0.1) is 26.4 Å². The van der Waals surface area contributed by atoms with Gasteiger partial charge in [0, 0.05) is 0 Å². The third-order valence-corrected chi connectivity index (χ3v) is 10.7. The highest BCUT2D eigenvalue weighted by Crippen LogP contribution is 2.35. The normalized spacial score (nSPS) is 15.1. The first kappa shape index (κ1) is 37.4. The predicted octanol–water partition coefficient (Wildman–Crippen LogP) is 10.4. The number of aryl methyl sites for hydroxylation is 2. The van der Waals surface area contributed by atoms with Crippen molar-refractivity contribution >= 4 is 46.7 Å². The molecule has 5 rings (SSSR count). The van der Waals surface area contributed by atoms with Crippen molar-refractivity contribution in [2.75, 3.05) is 26.4 Å². The average Bonchev–Trinajstić information content (AvgIpc) is 3.86. The summed E-state index contributed by atoms with van der Waals surface area (Å²) in [7, 11) is -0.500. The molecule has 262 valence electrons. The third-order valence-electron chi connectivity index (χ3n) is 10.7. The van der Waals surface area contributed by atoms with E-state index in [1.54, 1.807) is 11.1 Å². The Hall–Kier alpha value is -1.85. The van der Waals surface area contributed by atoms with Gasteiger partial charge in [0.2, 0.25) is 0 Å². The van der Waals surface area contributed by atoms with E-state index in [2.05, 4.69) is 50.2 Å². The van der Waals surface area contributed by atoms with Crippen LogP contribution in [0.1, 0.15) is 153 Å². The number of fused-ring (bicyclic) bond motifs is 3. The first-order chi connectivity index (χ1) is 23.8. The lowest BCUT2D eigenvalue weighted by Gasteiger charge is -2.20. The minimum absolute atomic E-state index is 0.250. The molecule has 2 aliphatic heterocycles. The van der Waals surface area contributed by atoms with Crippen molar-refractivity contribution in [2.24, 2.45) is 0 Å². The standard InChI is InChI=1S/C42H64B2O4/c1-3-5-7-9-11-13-15-17-19-21-23-37-38(24-22-20-18-16-14-12-10-8-6-4-2)42-34-36(44-47-31-32-48-44)26-28-40(42)39-27-25-35(33-41(37)39)43-45-29-30-46-43/h25-28,33-34H,3-24,29-32H2,1-2H3. The molecule has 0 N–H and O–H groups in total. The van der Waals surface area contributed by atoms with E-state index < -0.39 is 0 Å². The Kier molecular flexibility index (Phi) is 16.7. The number of hydrogen-bond donors (Lipinski definition) is 0. The van der Waals surface area contributed by atoms with Crippen molar-refractivity contribution < 1.29 is 18.6 Å². The molecule has 2 aliphatic rings. The Morgan fingerprint density at radius 3 is 1.04 bits per heavy atom. The van der Waals surface area contributed by atoms with Gasteiger partial charge in [-0.3, -0.25) is 0 Å². The van der Waals surface area contributed by atoms with Gasteiger partial charge in [0.1, 0.15) is 0 Å². The lowest BCUT2D eigenvalue weighted by molar-refractivity contribution is 0.365. The van der Waals surface area contributed by atoms with Crippen LogP contribution in [0.4, 0.5) is 0 Å². The first-order valence-electron chi connectivity index (χ1n) is 20.3. The zero-order valence-corrected chi connectivity index (χ0v) is 30.6. The second-order valence-corrected chi connectivity index (χ2v) is 14.6. The molecule has 0 amide bonds. The zero-order valence-electron chi connectivity index (χ0n) is 30.6.